The second kappa shape index (κ2) is 6.01. The van der Waals surface area contributed by atoms with E-state index in [0.717, 1.165) is 4.47 Å². The summed E-state index contributed by atoms with van der Waals surface area (Å²) in [6.07, 6.45) is 0. The molecule has 1 aliphatic heterocycles. The number of piperazine rings is 1. The van der Waals surface area contributed by atoms with Crippen molar-refractivity contribution < 1.29 is 13.2 Å². The Morgan fingerprint density at radius 2 is 2.10 bits per heavy atom. The first-order valence-corrected chi connectivity index (χ1v) is 8.70. The van der Waals surface area contributed by atoms with Gasteiger partial charge in [-0.3, -0.25) is 0 Å². The van der Waals surface area contributed by atoms with Crippen LogP contribution >= 0.6 is 15.9 Å². The van der Waals surface area contributed by atoms with Gasteiger partial charge >= 0.3 is 0 Å². The second-order valence-electron chi connectivity index (χ2n) is 4.90. The van der Waals surface area contributed by atoms with E-state index in [1.54, 1.807) is 22.5 Å². The van der Waals surface area contributed by atoms with Crippen molar-refractivity contribution in [3.63, 3.8) is 0 Å². The molecule has 5 nitrogen and oxygen atoms in total. The van der Waals surface area contributed by atoms with Gasteiger partial charge in [-0.05, 0) is 41.9 Å². The molecule has 1 heterocycles. The van der Waals surface area contributed by atoms with Gasteiger partial charge in [0.05, 0.1) is 16.5 Å². The molecule has 1 saturated heterocycles. The van der Waals surface area contributed by atoms with E-state index in [1.165, 1.54) is 7.11 Å². The molecule has 1 N–H and O–H groups in total. The number of rotatable bonds is 3. The van der Waals surface area contributed by atoms with Crippen LogP contribution in [0, 0.1) is 0 Å². The van der Waals surface area contributed by atoms with Gasteiger partial charge in [0, 0.05) is 31.2 Å². The highest BCUT2D eigenvalue weighted by Crippen LogP contribution is 2.30. The molecule has 1 aromatic carbocycles. The minimum absolute atomic E-state index is 0.0802. The maximum absolute atomic E-state index is 12.7. The molecule has 1 aliphatic rings. The van der Waals surface area contributed by atoms with Crippen LogP contribution in [0.1, 0.15) is 13.8 Å². The molecule has 0 aromatic heterocycles. The van der Waals surface area contributed by atoms with Gasteiger partial charge in [0.2, 0.25) is 10.0 Å². The lowest BCUT2D eigenvalue weighted by Gasteiger charge is -2.37. The van der Waals surface area contributed by atoms with E-state index < -0.39 is 10.0 Å². The van der Waals surface area contributed by atoms with Gasteiger partial charge in [0.1, 0.15) is 5.75 Å². The quantitative estimate of drug-likeness (QED) is 0.890. The Morgan fingerprint density at radius 3 is 2.75 bits per heavy atom. The second-order valence-corrected chi connectivity index (χ2v) is 7.64. The smallest absolute Gasteiger partial charge is 0.243 e. The van der Waals surface area contributed by atoms with Gasteiger partial charge in [-0.1, -0.05) is 0 Å². The van der Waals surface area contributed by atoms with Crippen LogP contribution in [0.15, 0.2) is 27.6 Å². The van der Waals surface area contributed by atoms with Crippen LogP contribution in [0.5, 0.6) is 5.75 Å². The first kappa shape index (κ1) is 15.8. The molecule has 20 heavy (non-hydrogen) atoms. The van der Waals surface area contributed by atoms with Crippen molar-refractivity contribution in [3.05, 3.63) is 22.7 Å². The summed E-state index contributed by atoms with van der Waals surface area (Å²) < 4.78 is 33.0. The molecule has 0 aliphatic carbocycles. The Labute approximate surface area is 128 Å². The monoisotopic (exact) mass is 362 g/mol. The SMILES string of the molecule is COc1cc(S(=O)(=O)N2CCNC(C)C2C)ccc1Br. The molecular weight excluding hydrogens is 344 g/mol. The summed E-state index contributed by atoms with van der Waals surface area (Å²) in [6, 6.07) is 4.90. The van der Waals surface area contributed by atoms with Crippen molar-refractivity contribution in [1.82, 2.24) is 9.62 Å². The molecule has 7 heteroatoms. The van der Waals surface area contributed by atoms with Crippen molar-refractivity contribution in [1.29, 1.82) is 0 Å². The van der Waals surface area contributed by atoms with E-state index >= 15 is 0 Å². The predicted octanol–water partition coefficient (Wildman–Crippen LogP) is 1.83. The highest BCUT2D eigenvalue weighted by Gasteiger charge is 2.34. The lowest BCUT2D eigenvalue weighted by atomic mass is 10.1. The number of hydrogen-bond donors (Lipinski definition) is 1. The zero-order valence-corrected chi connectivity index (χ0v) is 14.2. The van der Waals surface area contributed by atoms with Crippen molar-refractivity contribution in [2.75, 3.05) is 20.2 Å². The first-order valence-electron chi connectivity index (χ1n) is 6.46. The van der Waals surface area contributed by atoms with Crippen LogP contribution in [-0.2, 0) is 10.0 Å². The third kappa shape index (κ3) is 2.86. The largest absolute Gasteiger partial charge is 0.496 e. The van der Waals surface area contributed by atoms with E-state index in [4.69, 9.17) is 4.74 Å². The van der Waals surface area contributed by atoms with Gasteiger partial charge in [0.15, 0.2) is 0 Å². The zero-order chi connectivity index (χ0) is 14.9. The summed E-state index contributed by atoms with van der Waals surface area (Å²) in [5, 5.41) is 3.28. The molecule has 2 unspecified atom stereocenters. The minimum Gasteiger partial charge on any atom is -0.496 e. The molecule has 1 fully saturated rings. The number of sulfonamides is 1. The molecule has 1 aromatic rings. The van der Waals surface area contributed by atoms with Gasteiger partial charge in [-0.2, -0.15) is 4.31 Å². The van der Waals surface area contributed by atoms with E-state index in [2.05, 4.69) is 21.2 Å². The van der Waals surface area contributed by atoms with Crippen LogP contribution in [-0.4, -0.2) is 45.0 Å². The average molecular weight is 363 g/mol. The molecular formula is C13H19BrN2O3S. The van der Waals surface area contributed by atoms with E-state index in [-0.39, 0.29) is 17.0 Å². The third-order valence-electron chi connectivity index (χ3n) is 3.71. The number of nitrogens with zero attached hydrogens (tertiary/aromatic N) is 1. The Kier molecular flexibility index (Phi) is 4.73. The van der Waals surface area contributed by atoms with Gasteiger partial charge in [0.25, 0.3) is 0 Å². The van der Waals surface area contributed by atoms with Crippen molar-refractivity contribution >= 4 is 26.0 Å². The molecule has 112 valence electrons. The van der Waals surface area contributed by atoms with Crippen molar-refractivity contribution in [2.45, 2.75) is 30.8 Å². The van der Waals surface area contributed by atoms with Crippen LogP contribution in [0.3, 0.4) is 0 Å². The van der Waals surface area contributed by atoms with Crippen LogP contribution < -0.4 is 10.1 Å². The number of hydrogen-bond acceptors (Lipinski definition) is 4. The lowest BCUT2D eigenvalue weighted by Crippen LogP contribution is -2.57. The molecule has 0 radical (unpaired) electrons. The van der Waals surface area contributed by atoms with Gasteiger partial charge < -0.3 is 10.1 Å². The normalized spacial score (nSPS) is 24.6. The number of ether oxygens (including phenoxy) is 1. The standard InChI is InChI=1S/C13H19BrN2O3S/c1-9-10(2)16(7-6-15-9)20(17,18)11-4-5-12(14)13(8-11)19-3/h4-5,8-10,15H,6-7H2,1-3H3. The number of nitrogens with one attached hydrogen (secondary N) is 1. The molecule has 0 bridgehead atoms. The fraction of sp³-hybridized carbons (Fsp3) is 0.538. The van der Waals surface area contributed by atoms with Gasteiger partial charge in [-0.15, -0.1) is 0 Å². The van der Waals surface area contributed by atoms with E-state index in [0.29, 0.717) is 18.8 Å². The van der Waals surface area contributed by atoms with Crippen LogP contribution in [0.4, 0.5) is 0 Å². The fourth-order valence-corrected chi connectivity index (χ4v) is 4.43. The number of benzene rings is 1. The molecule has 2 atom stereocenters. The highest BCUT2D eigenvalue weighted by molar-refractivity contribution is 9.10. The predicted molar refractivity (Wildman–Crippen MR) is 81.5 cm³/mol. The number of methoxy groups -OCH3 is 1. The summed E-state index contributed by atoms with van der Waals surface area (Å²) in [4.78, 5) is 0.263. The fourth-order valence-electron chi connectivity index (χ4n) is 2.30. The van der Waals surface area contributed by atoms with Crippen molar-refractivity contribution in [3.8, 4) is 5.75 Å². The summed E-state index contributed by atoms with van der Waals surface area (Å²) in [5.74, 6) is 0.516. The summed E-state index contributed by atoms with van der Waals surface area (Å²) in [6.45, 7) is 5.06. The average Bonchev–Trinajstić information content (AvgIpc) is 2.42. The Bertz CT molecular complexity index is 591. The van der Waals surface area contributed by atoms with E-state index in [1.807, 2.05) is 13.8 Å². The highest BCUT2D eigenvalue weighted by atomic mass is 79.9. The maximum atomic E-state index is 12.7. The minimum atomic E-state index is -3.50. The third-order valence-corrected chi connectivity index (χ3v) is 6.34. The van der Waals surface area contributed by atoms with Crippen molar-refractivity contribution in [2.24, 2.45) is 0 Å². The maximum Gasteiger partial charge on any atom is 0.243 e. The number of halogens is 1. The van der Waals surface area contributed by atoms with E-state index in [9.17, 15) is 8.42 Å². The lowest BCUT2D eigenvalue weighted by molar-refractivity contribution is 0.233. The van der Waals surface area contributed by atoms with Crippen LogP contribution in [0.2, 0.25) is 0 Å². The summed E-state index contributed by atoms with van der Waals surface area (Å²) >= 11 is 3.33. The Hall–Kier alpha value is -0.630. The van der Waals surface area contributed by atoms with Crippen LogP contribution in [0.25, 0.3) is 0 Å². The van der Waals surface area contributed by atoms with Gasteiger partial charge in [-0.25, -0.2) is 8.42 Å². The molecule has 0 saturated carbocycles. The summed E-state index contributed by atoms with van der Waals surface area (Å²) in [7, 11) is -1.98. The molecule has 0 amide bonds. The molecule has 2 rings (SSSR count). The molecule has 0 spiro atoms. The Morgan fingerprint density at radius 1 is 1.40 bits per heavy atom. The zero-order valence-electron chi connectivity index (χ0n) is 11.8. The first-order chi connectivity index (χ1) is 9.37. The summed E-state index contributed by atoms with van der Waals surface area (Å²) in [5.41, 5.74) is 0. The topological polar surface area (TPSA) is 58.6 Å². The Balaban J connectivity index is 2.39.